The van der Waals surface area contributed by atoms with Crippen molar-refractivity contribution in [3.8, 4) is 0 Å². The van der Waals surface area contributed by atoms with Gasteiger partial charge in [0.25, 0.3) is 5.91 Å². The van der Waals surface area contributed by atoms with Crippen LogP contribution in [0.3, 0.4) is 0 Å². The molecule has 1 aromatic rings. The molecule has 1 aliphatic carbocycles. The van der Waals surface area contributed by atoms with Gasteiger partial charge in [-0.2, -0.15) is 5.10 Å². The molecule has 0 radical (unpaired) electrons. The molecule has 1 fully saturated rings. The fraction of sp³-hybridized carbons (Fsp3) is 0.625. The van der Waals surface area contributed by atoms with Crippen LogP contribution < -0.4 is 5.32 Å². The highest BCUT2D eigenvalue weighted by molar-refractivity contribution is 5.97. The maximum atomic E-state index is 12.9. The number of nitrogens with one attached hydrogen (secondary N) is 1. The average Bonchev–Trinajstić information content (AvgIpc) is 3.25. The summed E-state index contributed by atoms with van der Waals surface area (Å²) in [5, 5.41) is 7.90. The molecular weight excluding hydrogens is 394 g/mol. The number of hydrogen-bond donors (Lipinski definition) is 1. The zero-order valence-electron chi connectivity index (χ0n) is 18.8. The minimum atomic E-state index is -0.266. The Labute approximate surface area is 183 Å². The van der Waals surface area contributed by atoms with Gasteiger partial charge in [-0.3, -0.25) is 9.48 Å². The van der Waals surface area contributed by atoms with Crippen molar-refractivity contribution >= 4 is 11.9 Å². The van der Waals surface area contributed by atoms with Crippen molar-refractivity contribution < 1.29 is 19.1 Å². The van der Waals surface area contributed by atoms with Gasteiger partial charge in [-0.25, -0.2) is 4.79 Å². The molecule has 168 valence electrons. The van der Waals surface area contributed by atoms with Crippen molar-refractivity contribution in [3.05, 3.63) is 40.2 Å². The molecule has 1 N–H and O–H groups in total. The summed E-state index contributed by atoms with van der Waals surface area (Å²) in [4.78, 5) is 25.2. The van der Waals surface area contributed by atoms with E-state index < -0.39 is 0 Å². The molecule has 0 saturated carbocycles. The molecule has 1 atom stereocenters. The van der Waals surface area contributed by atoms with Gasteiger partial charge in [0.1, 0.15) is 0 Å². The van der Waals surface area contributed by atoms with E-state index in [1.807, 2.05) is 30.7 Å². The molecule has 0 bridgehead atoms. The zero-order chi connectivity index (χ0) is 22.0. The topological polar surface area (TPSA) is 82.5 Å². The number of nitrogens with zero attached hydrogens (tertiary/aromatic N) is 2. The molecule has 3 heterocycles. The van der Waals surface area contributed by atoms with Crippen LogP contribution in [-0.4, -0.2) is 48.0 Å². The molecule has 7 heteroatoms. The molecule has 1 amide bonds. The van der Waals surface area contributed by atoms with Gasteiger partial charge in [-0.15, -0.1) is 0 Å². The SMILES string of the molecule is CCc1nn(CCCOC(=O)C2=CC(C)C(C)=C2)c2c1C(=O)NCC1(CCOCC1)C2. The van der Waals surface area contributed by atoms with Crippen molar-refractivity contribution in [2.75, 3.05) is 26.4 Å². The Hall–Kier alpha value is -2.41. The zero-order valence-corrected chi connectivity index (χ0v) is 18.8. The van der Waals surface area contributed by atoms with Crippen LogP contribution in [-0.2, 0) is 33.7 Å². The largest absolute Gasteiger partial charge is 0.462 e. The van der Waals surface area contributed by atoms with Gasteiger partial charge in [-0.05, 0) is 50.0 Å². The van der Waals surface area contributed by atoms with Crippen LogP contribution in [0, 0.1) is 11.3 Å². The van der Waals surface area contributed by atoms with Gasteiger partial charge in [0.2, 0.25) is 0 Å². The molecule has 31 heavy (non-hydrogen) atoms. The monoisotopic (exact) mass is 427 g/mol. The second-order valence-corrected chi connectivity index (χ2v) is 9.11. The summed E-state index contributed by atoms with van der Waals surface area (Å²) in [6.07, 6.45) is 7.93. The Morgan fingerprint density at radius 2 is 2.16 bits per heavy atom. The van der Waals surface area contributed by atoms with Gasteiger partial charge in [0, 0.05) is 32.7 Å². The third-order valence-electron chi connectivity index (χ3n) is 6.93. The van der Waals surface area contributed by atoms with Gasteiger partial charge >= 0.3 is 5.97 Å². The number of esters is 1. The number of amides is 1. The fourth-order valence-electron chi connectivity index (χ4n) is 4.77. The smallest absolute Gasteiger partial charge is 0.337 e. The summed E-state index contributed by atoms with van der Waals surface area (Å²) in [7, 11) is 0. The first-order chi connectivity index (χ1) is 14.9. The van der Waals surface area contributed by atoms with E-state index in [-0.39, 0.29) is 17.3 Å². The molecular formula is C24H33N3O4. The summed E-state index contributed by atoms with van der Waals surface area (Å²) in [5.41, 5.74) is 4.46. The van der Waals surface area contributed by atoms with E-state index in [4.69, 9.17) is 14.6 Å². The van der Waals surface area contributed by atoms with Crippen LogP contribution in [0.25, 0.3) is 0 Å². The van der Waals surface area contributed by atoms with Gasteiger partial charge < -0.3 is 14.8 Å². The average molecular weight is 428 g/mol. The Kier molecular flexibility index (Phi) is 6.32. The predicted molar refractivity (Wildman–Crippen MR) is 117 cm³/mol. The molecule has 1 aromatic heterocycles. The molecule has 1 unspecified atom stereocenters. The van der Waals surface area contributed by atoms with E-state index in [0.717, 1.165) is 49.4 Å². The van der Waals surface area contributed by atoms with Gasteiger partial charge in [0.15, 0.2) is 0 Å². The second kappa shape index (κ2) is 8.99. The minimum Gasteiger partial charge on any atom is -0.462 e. The molecule has 1 saturated heterocycles. The Morgan fingerprint density at radius 3 is 2.84 bits per heavy atom. The maximum Gasteiger partial charge on any atom is 0.337 e. The standard InChI is InChI=1S/C24H33N3O4/c1-4-19-21-20(14-24(15-25-22(21)28)6-10-30-11-7-24)27(26-19)8-5-9-31-23(29)18-12-16(2)17(3)13-18/h12-13,16H,4-11,14-15H2,1-3H3,(H,25,28). The summed E-state index contributed by atoms with van der Waals surface area (Å²) >= 11 is 0. The van der Waals surface area contributed by atoms with E-state index in [1.54, 1.807) is 0 Å². The summed E-state index contributed by atoms with van der Waals surface area (Å²) in [6, 6.07) is 0. The lowest BCUT2D eigenvalue weighted by molar-refractivity contribution is -0.138. The van der Waals surface area contributed by atoms with E-state index in [0.29, 0.717) is 44.0 Å². The normalized spacial score (nSPS) is 22.4. The Bertz CT molecular complexity index is 921. The highest BCUT2D eigenvalue weighted by atomic mass is 16.5. The number of aryl methyl sites for hydroxylation is 2. The highest BCUT2D eigenvalue weighted by Gasteiger charge is 2.39. The van der Waals surface area contributed by atoms with E-state index in [1.165, 1.54) is 5.57 Å². The highest BCUT2D eigenvalue weighted by Crippen LogP contribution is 2.37. The summed E-state index contributed by atoms with van der Waals surface area (Å²) in [5.74, 6) is 0.00770. The fourth-order valence-corrected chi connectivity index (χ4v) is 4.77. The van der Waals surface area contributed by atoms with Crippen molar-refractivity contribution in [2.45, 2.75) is 59.4 Å². The van der Waals surface area contributed by atoms with Crippen molar-refractivity contribution in [1.29, 1.82) is 0 Å². The molecule has 1 spiro atoms. The first-order valence-electron chi connectivity index (χ1n) is 11.4. The number of fused-ring (bicyclic) bond motifs is 1. The van der Waals surface area contributed by atoms with Crippen LogP contribution in [0.15, 0.2) is 23.3 Å². The third kappa shape index (κ3) is 4.47. The van der Waals surface area contributed by atoms with E-state index >= 15 is 0 Å². The quantitative estimate of drug-likeness (QED) is 0.558. The van der Waals surface area contributed by atoms with Crippen LogP contribution in [0.1, 0.15) is 61.8 Å². The Balaban J connectivity index is 1.44. The predicted octanol–water partition coefficient (Wildman–Crippen LogP) is 2.98. The summed E-state index contributed by atoms with van der Waals surface area (Å²) < 4.78 is 13.0. The maximum absolute atomic E-state index is 12.9. The lowest BCUT2D eigenvalue weighted by Gasteiger charge is -2.36. The van der Waals surface area contributed by atoms with Crippen molar-refractivity contribution in [3.63, 3.8) is 0 Å². The number of rotatable bonds is 6. The number of aromatic nitrogens is 2. The third-order valence-corrected chi connectivity index (χ3v) is 6.93. The van der Waals surface area contributed by atoms with Crippen molar-refractivity contribution in [2.24, 2.45) is 11.3 Å². The minimum absolute atomic E-state index is 0.0163. The van der Waals surface area contributed by atoms with E-state index in [2.05, 4.69) is 12.2 Å². The second-order valence-electron chi connectivity index (χ2n) is 9.11. The van der Waals surface area contributed by atoms with Crippen LogP contribution in [0.4, 0.5) is 0 Å². The molecule has 3 aliphatic rings. The van der Waals surface area contributed by atoms with Crippen LogP contribution >= 0.6 is 0 Å². The van der Waals surface area contributed by atoms with Gasteiger partial charge in [0.05, 0.1) is 29.1 Å². The molecule has 4 rings (SSSR count). The van der Waals surface area contributed by atoms with Crippen molar-refractivity contribution in [1.82, 2.24) is 15.1 Å². The number of ether oxygens (including phenoxy) is 2. The molecule has 7 nitrogen and oxygen atoms in total. The van der Waals surface area contributed by atoms with Crippen LogP contribution in [0.2, 0.25) is 0 Å². The lowest BCUT2D eigenvalue weighted by Crippen LogP contribution is -2.40. The van der Waals surface area contributed by atoms with Gasteiger partial charge in [-0.1, -0.05) is 25.5 Å². The first kappa shape index (κ1) is 21.8. The molecule has 2 aliphatic heterocycles. The summed E-state index contributed by atoms with van der Waals surface area (Å²) in [6.45, 7) is 9.24. The number of hydrogen-bond acceptors (Lipinski definition) is 5. The van der Waals surface area contributed by atoms with E-state index in [9.17, 15) is 9.59 Å². The number of allylic oxidation sites excluding steroid dienone is 2. The van der Waals surface area contributed by atoms with Crippen LogP contribution in [0.5, 0.6) is 0 Å². The number of carbonyl (C=O) groups is 2. The Morgan fingerprint density at radius 1 is 1.39 bits per heavy atom. The number of carbonyl (C=O) groups excluding carboxylic acids is 2. The lowest BCUT2D eigenvalue weighted by atomic mass is 9.76. The molecule has 0 aromatic carbocycles. The first-order valence-corrected chi connectivity index (χ1v) is 11.4.